The summed E-state index contributed by atoms with van der Waals surface area (Å²) < 4.78 is 70.4. The molecular formula is C34H41F3N8O5S. The van der Waals surface area contributed by atoms with Gasteiger partial charge in [0.1, 0.15) is 6.23 Å². The number of hydrogen-bond donors (Lipinski definition) is 5. The van der Waals surface area contributed by atoms with Crippen LogP contribution >= 0.6 is 0 Å². The van der Waals surface area contributed by atoms with Crippen LogP contribution < -0.4 is 25.4 Å². The topological polar surface area (TPSA) is 171 Å². The van der Waals surface area contributed by atoms with Crippen molar-refractivity contribution in [2.75, 3.05) is 43.4 Å². The Labute approximate surface area is 293 Å². The number of aromatic nitrogens is 3. The highest BCUT2D eigenvalue weighted by Gasteiger charge is 2.46. The molecule has 1 saturated heterocycles. The first kappa shape index (κ1) is 35.3. The first-order chi connectivity index (χ1) is 24.3. The molecule has 51 heavy (non-hydrogen) atoms. The lowest BCUT2D eigenvalue weighted by Gasteiger charge is -2.25. The summed E-state index contributed by atoms with van der Waals surface area (Å²) in [5, 5.41) is 19.7. The summed E-state index contributed by atoms with van der Waals surface area (Å²) in [6, 6.07) is 12.8. The maximum atomic E-state index is 13.0. The van der Waals surface area contributed by atoms with Crippen LogP contribution in [0.25, 0.3) is 0 Å². The summed E-state index contributed by atoms with van der Waals surface area (Å²) >= 11 is 0. The number of aliphatic hydroxyl groups is 1. The average Bonchev–Trinajstić information content (AvgIpc) is 4.01. The van der Waals surface area contributed by atoms with Gasteiger partial charge in [-0.05, 0) is 105 Å². The SMILES string of the molecule is O=C(NS(=O)(=O)C1CC1)c1ccc(C2(Nc3nc(Nc4ccc(C(O)NCC5(CN6CCCC6)CC5)cc4)nc(OCC(F)(F)F)n3)CC2)cc1. The number of anilines is 3. The quantitative estimate of drug-likeness (QED) is 0.132. The van der Waals surface area contributed by atoms with E-state index in [1.807, 2.05) is 0 Å². The number of carbonyl (C=O) groups excluding carboxylic acids is 1. The van der Waals surface area contributed by atoms with Crippen LogP contribution in [-0.4, -0.2) is 83.5 Å². The lowest BCUT2D eigenvalue weighted by molar-refractivity contribution is -0.154. The van der Waals surface area contributed by atoms with Gasteiger partial charge in [-0.15, -0.1) is 0 Å². The van der Waals surface area contributed by atoms with Gasteiger partial charge in [0.15, 0.2) is 6.61 Å². The van der Waals surface area contributed by atoms with E-state index in [1.54, 1.807) is 36.4 Å². The first-order valence-corrected chi connectivity index (χ1v) is 18.7. The highest BCUT2D eigenvalue weighted by atomic mass is 32.2. The van der Waals surface area contributed by atoms with Crippen molar-refractivity contribution in [1.82, 2.24) is 29.9 Å². The second-order valence-electron chi connectivity index (χ2n) is 14.1. The summed E-state index contributed by atoms with van der Waals surface area (Å²) in [6.45, 7) is 2.45. The van der Waals surface area contributed by atoms with Crippen LogP contribution in [-0.2, 0) is 15.6 Å². The second kappa shape index (κ2) is 13.8. The van der Waals surface area contributed by atoms with Crippen LogP contribution in [0.2, 0.25) is 0 Å². The predicted octanol–water partition coefficient (Wildman–Crippen LogP) is 4.34. The Hall–Kier alpha value is -4.06. The largest absolute Gasteiger partial charge is 0.454 e. The molecule has 3 saturated carbocycles. The third-order valence-corrected chi connectivity index (χ3v) is 11.7. The minimum absolute atomic E-state index is 0.0290. The number of nitrogens with zero attached hydrogens (tertiary/aromatic N) is 4. The third-order valence-electron chi connectivity index (χ3n) is 9.85. The summed E-state index contributed by atoms with van der Waals surface area (Å²) in [7, 11) is -3.70. The van der Waals surface area contributed by atoms with E-state index in [4.69, 9.17) is 4.74 Å². The van der Waals surface area contributed by atoms with Crippen LogP contribution in [0, 0.1) is 5.41 Å². The molecule has 3 aromatic rings. The Morgan fingerprint density at radius 1 is 0.961 bits per heavy atom. The van der Waals surface area contributed by atoms with Gasteiger partial charge in [0.2, 0.25) is 21.9 Å². The highest BCUT2D eigenvalue weighted by Crippen LogP contribution is 2.48. The molecule has 1 unspecified atom stereocenters. The van der Waals surface area contributed by atoms with Crippen molar-refractivity contribution in [3.63, 3.8) is 0 Å². The molecule has 4 fully saturated rings. The fraction of sp³-hybridized carbons (Fsp3) is 0.529. The van der Waals surface area contributed by atoms with E-state index < -0.39 is 51.7 Å². The molecule has 274 valence electrons. The van der Waals surface area contributed by atoms with Gasteiger partial charge < -0.3 is 25.4 Å². The van der Waals surface area contributed by atoms with Crippen molar-refractivity contribution in [3.8, 4) is 6.01 Å². The highest BCUT2D eigenvalue weighted by molar-refractivity contribution is 7.91. The standard InChI is InChI=1S/C34H41F3N8O5S/c35-34(36,37)21-50-31-41-29(39-25-9-5-22(6-10-25)27(46)38-19-32(13-14-32)20-45-17-1-2-18-45)40-30(42-31)43-33(15-16-33)24-7-3-23(4-8-24)28(47)44-51(48,49)26-11-12-26/h3-10,26-27,38,46H,1-2,11-21H2,(H,44,47)(H2,39,40,41,42,43). The van der Waals surface area contributed by atoms with Crippen molar-refractivity contribution in [1.29, 1.82) is 0 Å². The molecule has 13 nitrogen and oxygen atoms in total. The maximum Gasteiger partial charge on any atom is 0.422 e. The molecule has 1 aromatic heterocycles. The number of ether oxygens (including phenoxy) is 1. The molecule has 0 radical (unpaired) electrons. The molecule has 1 atom stereocenters. The van der Waals surface area contributed by atoms with Gasteiger partial charge in [-0.25, -0.2) is 13.1 Å². The predicted molar refractivity (Wildman–Crippen MR) is 182 cm³/mol. The summed E-state index contributed by atoms with van der Waals surface area (Å²) in [4.78, 5) is 27.6. The van der Waals surface area contributed by atoms with Crippen molar-refractivity contribution in [3.05, 3.63) is 65.2 Å². The zero-order chi connectivity index (χ0) is 35.9. The first-order valence-electron chi connectivity index (χ1n) is 17.2. The van der Waals surface area contributed by atoms with Gasteiger partial charge in [0.25, 0.3) is 5.91 Å². The average molecular weight is 731 g/mol. The zero-order valence-electron chi connectivity index (χ0n) is 27.9. The maximum absolute atomic E-state index is 13.0. The minimum Gasteiger partial charge on any atom is -0.454 e. The summed E-state index contributed by atoms with van der Waals surface area (Å²) in [5.74, 6) is -0.809. The van der Waals surface area contributed by atoms with Crippen LogP contribution in [0.15, 0.2) is 48.5 Å². The van der Waals surface area contributed by atoms with Crippen LogP contribution in [0.3, 0.4) is 0 Å². The Morgan fingerprint density at radius 3 is 2.24 bits per heavy atom. The molecule has 1 aliphatic heterocycles. The molecule has 5 N–H and O–H groups in total. The summed E-state index contributed by atoms with van der Waals surface area (Å²) in [6.07, 6.45) is 1.63. The number of carbonyl (C=O) groups is 1. The van der Waals surface area contributed by atoms with Gasteiger partial charge in [0, 0.05) is 24.3 Å². The smallest absolute Gasteiger partial charge is 0.422 e. The van der Waals surface area contributed by atoms with E-state index in [9.17, 15) is 31.5 Å². The number of nitrogens with one attached hydrogen (secondary N) is 4. The van der Waals surface area contributed by atoms with Crippen molar-refractivity contribution in [2.24, 2.45) is 5.41 Å². The number of hydrogen-bond acceptors (Lipinski definition) is 12. The Balaban J connectivity index is 1.01. The normalized spacial score (nSPS) is 20.0. The number of likely N-dealkylation sites (tertiary alicyclic amines) is 1. The van der Waals surface area contributed by atoms with E-state index >= 15 is 0 Å². The van der Waals surface area contributed by atoms with E-state index in [2.05, 4.69) is 40.5 Å². The number of aliphatic hydroxyl groups excluding tert-OH is 1. The van der Waals surface area contributed by atoms with E-state index in [0.29, 0.717) is 36.9 Å². The van der Waals surface area contributed by atoms with E-state index in [1.165, 1.54) is 25.0 Å². The fourth-order valence-corrected chi connectivity index (χ4v) is 7.69. The molecule has 17 heteroatoms. The molecule has 1 amide bonds. The monoisotopic (exact) mass is 730 g/mol. The lowest BCUT2D eigenvalue weighted by Crippen LogP contribution is -2.36. The molecule has 0 spiro atoms. The Kier molecular flexibility index (Phi) is 9.58. The number of rotatable bonds is 16. The molecule has 3 aliphatic carbocycles. The number of amides is 1. The molecule has 7 rings (SSSR count). The molecule has 2 aromatic carbocycles. The van der Waals surface area contributed by atoms with Crippen LogP contribution in [0.4, 0.5) is 30.8 Å². The number of halogens is 3. The molecular weight excluding hydrogens is 689 g/mol. The second-order valence-corrected chi connectivity index (χ2v) is 16.1. The Morgan fingerprint density at radius 2 is 1.63 bits per heavy atom. The van der Waals surface area contributed by atoms with Crippen LogP contribution in [0.1, 0.15) is 79.1 Å². The molecule has 4 aliphatic rings. The van der Waals surface area contributed by atoms with Crippen molar-refractivity contribution in [2.45, 2.75) is 74.6 Å². The van der Waals surface area contributed by atoms with Crippen LogP contribution in [0.5, 0.6) is 6.01 Å². The van der Waals surface area contributed by atoms with Crippen molar-refractivity contribution >= 4 is 33.5 Å². The zero-order valence-corrected chi connectivity index (χ0v) is 28.7. The van der Waals surface area contributed by atoms with Gasteiger partial charge in [-0.2, -0.15) is 28.1 Å². The number of benzene rings is 2. The van der Waals surface area contributed by atoms with Gasteiger partial charge in [0.05, 0.1) is 10.8 Å². The number of sulfonamides is 1. The molecule has 0 bridgehead atoms. The lowest BCUT2D eigenvalue weighted by atomic mass is 10.0. The van der Waals surface area contributed by atoms with E-state index in [0.717, 1.165) is 44.6 Å². The summed E-state index contributed by atoms with van der Waals surface area (Å²) in [5.41, 5.74) is 1.65. The number of alkyl halides is 3. The van der Waals surface area contributed by atoms with Gasteiger partial charge in [-0.1, -0.05) is 24.3 Å². The van der Waals surface area contributed by atoms with E-state index in [-0.39, 0.29) is 22.9 Å². The van der Waals surface area contributed by atoms with Crippen molar-refractivity contribution < 1.29 is 36.2 Å². The molecule has 2 heterocycles. The minimum atomic E-state index is -4.62. The fourth-order valence-electron chi connectivity index (χ4n) is 6.39. The van der Waals surface area contributed by atoms with Gasteiger partial charge >= 0.3 is 12.2 Å². The third kappa shape index (κ3) is 9.06. The van der Waals surface area contributed by atoms with Gasteiger partial charge in [-0.3, -0.25) is 10.1 Å². The Bertz CT molecular complexity index is 1830.